The van der Waals surface area contributed by atoms with Crippen molar-refractivity contribution in [2.75, 3.05) is 20.6 Å². The Balaban J connectivity index is 2.09. The summed E-state index contributed by atoms with van der Waals surface area (Å²) < 4.78 is 6.27. The molecule has 0 radical (unpaired) electrons. The van der Waals surface area contributed by atoms with E-state index >= 15 is 0 Å². The molecule has 0 fully saturated rings. The number of aryl methyl sites for hydroxylation is 2. The van der Waals surface area contributed by atoms with E-state index in [2.05, 4.69) is 51.0 Å². The predicted octanol–water partition coefficient (Wildman–Crippen LogP) is 4.49. The monoisotopic (exact) mass is 315 g/mol. The molecule has 1 atom stereocenters. The van der Waals surface area contributed by atoms with E-state index in [-0.39, 0.29) is 6.10 Å². The molecule has 0 saturated heterocycles. The third-order valence-corrected chi connectivity index (χ3v) is 4.40. The zero-order valence-corrected chi connectivity index (χ0v) is 14.4. The zero-order valence-electron chi connectivity index (χ0n) is 13.6. The fourth-order valence-electron chi connectivity index (χ4n) is 3.33. The Morgan fingerprint density at radius 3 is 2.50 bits per heavy atom. The maximum absolute atomic E-state index is 6.37. The number of nitrogens with zero attached hydrogens (tertiary/aromatic N) is 1. The Hall–Kier alpha value is -1.51. The number of hydrogen-bond donors (Lipinski definition) is 0. The fraction of sp³-hybridized carbons (Fsp3) is 0.368. The van der Waals surface area contributed by atoms with Gasteiger partial charge in [-0.15, -0.1) is 0 Å². The summed E-state index contributed by atoms with van der Waals surface area (Å²) in [6.07, 6.45) is 1.12. The molecule has 2 nitrogen and oxygen atoms in total. The van der Waals surface area contributed by atoms with Crippen molar-refractivity contribution in [3.05, 3.63) is 52.0 Å². The Kier molecular flexibility index (Phi) is 4.16. The number of likely N-dealkylation sites (N-methyl/N-ethyl adjacent to an activating group) is 1. The van der Waals surface area contributed by atoms with Crippen LogP contribution in [0.3, 0.4) is 0 Å². The Morgan fingerprint density at radius 1 is 1.18 bits per heavy atom. The minimum absolute atomic E-state index is 0.201. The van der Waals surface area contributed by atoms with E-state index < -0.39 is 0 Å². The normalized spacial score (nSPS) is 16.7. The van der Waals surface area contributed by atoms with Crippen LogP contribution in [0.5, 0.6) is 5.75 Å². The van der Waals surface area contributed by atoms with Crippen molar-refractivity contribution < 1.29 is 4.74 Å². The number of benzene rings is 2. The van der Waals surface area contributed by atoms with Gasteiger partial charge in [0.05, 0.1) is 0 Å². The van der Waals surface area contributed by atoms with E-state index in [9.17, 15) is 0 Å². The smallest absolute Gasteiger partial charge is 0.131 e. The highest BCUT2D eigenvalue weighted by Crippen LogP contribution is 2.43. The van der Waals surface area contributed by atoms with E-state index in [0.29, 0.717) is 0 Å². The molecule has 0 amide bonds. The van der Waals surface area contributed by atoms with Gasteiger partial charge in [-0.1, -0.05) is 29.8 Å². The molecule has 1 aliphatic rings. The molecular weight excluding hydrogens is 294 g/mol. The second kappa shape index (κ2) is 5.94. The molecule has 1 heterocycles. The largest absolute Gasteiger partial charge is 0.488 e. The van der Waals surface area contributed by atoms with Gasteiger partial charge in [-0.3, -0.25) is 0 Å². The fourth-order valence-corrected chi connectivity index (χ4v) is 3.57. The van der Waals surface area contributed by atoms with Crippen molar-refractivity contribution in [3.8, 4) is 16.9 Å². The van der Waals surface area contributed by atoms with Crippen LogP contribution < -0.4 is 4.74 Å². The number of ether oxygens (including phenoxy) is 1. The Bertz CT molecular complexity index is 689. The van der Waals surface area contributed by atoms with E-state index in [1.807, 2.05) is 12.1 Å². The lowest BCUT2D eigenvalue weighted by molar-refractivity contribution is 0.185. The molecule has 0 saturated carbocycles. The van der Waals surface area contributed by atoms with Gasteiger partial charge in [-0.05, 0) is 62.3 Å². The molecule has 116 valence electrons. The second-order valence-electron chi connectivity index (χ2n) is 6.41. The van der Waals surface area contributed by atoms with Crippen LogP contribution in [0.1, 0.15) is 16.7 Å². The summed E-state index contributed by atoms with van der Waals surface area (Å²) in [5.41, 5.74) is 6.09. The zero-order chi connectivity index (χ0) is 15.9. The summed E-state index contributed by atoms with van der Waals surface area (Å²) in [5.74, 6) is 1.01. The van der Waals surface area contributed by atoms with Gasteiger partial charge in [-0.2, -0.15) is 0 Å². The highest BCUT2D eigenvalue weighted by Gasteiger charge is 2.27. The third-order valence-electron chi connectivity index (χ3n) is 4.18. The first-order chi connectivity index (χ1) is 10.5. The molecule has 3 heteroatoms. The van der Waals surface area contributed by atoms with Crippen LogP contribution in [-0.2, 0) is 6.42 Å². The van der Waals surface area contributed by atoms with E-state index in [0.717, 1.165) is 29.3 Å². The van der Waals surface area contributed by atoms with Crippen LogP contribution in [0.25, 0.3) is 11.1 Å². The molecule has 0 bridgehead atoms. The summed E-state index contributed by atoms with van der Waals surface area (Å²) in [6.45, 7) is 5.20. The van der Waals surface area contributed by atoms with Crippen LogP contribution in [0.2, 0.25) is 5.02 Å². The minimum atomic E-state index is 0.201. The third kappa shape index (κ3) is 2.86. The number of halogens is 1. The van der Waals surface area contributed by atoms with Gasteiger partial charge in [0.15, 0.2) is 0 Å². The lowest BCUT2D eigenvalue weighted by atomic mass is 9.93. The van der Waals surface area contributed by atoms with Gasteiger partial charge in [0.1, 0.15) is 11.9 Å². The lowest BCUT2D eigenvalue weighted by Gasteiger charge is -2.18. The first-order valence-corrected chi connectivity index (χ1v) is 8.04. The first-order valence-electron chi connectivity index (χ1n) is 7.66. The summed E-state index contributed by atoms with van der Waals surface area (Å²) >= 11 is 6.37. The van der Waals surface area contributed by atoms with Crippen LogP contribution in [0.4, 0.5) is 0 Å². The summed E-state index contributed by atoms with van der Waals surface area (Å²) in [4.78, 5) is 2.16. The lowest BCUT2D eigenvalue weighted by Crippen LogP contribution is -2.29. The summed E-state index contributed by atoms with van der Waals surface area (Å²) in [7, 11) is 4.15. The molecule has 1 unspecified atom stereocenters. The molecule has 3 rings (SSSR count). The van der Waals surface area contributed by atoms with Crippen molar-refractivity contribution in [2.24, 2.45) is 0 Å². The van der Waals surface area contributed by atoms with Crippen molar-refractivity contribution in [1.82, 2.24) is 4.90 Å². The van der Waals surface area contributed by atoms with Gasteiger partial charge in [0, 0.05) is 23.6 Å². The van der Waals surface area contributed by atoms with Gasteiger partial charge < -0.3 is 9.64 Å². The van der Waals surface area contributed by atoms with Crippen molar-refractivity contribution in [2.45, 2.75) is 26.4 Å². The van der Waals surface area contributed by atoms with Gasteiger partial charge in [0.2, 0.25) is 0 Å². The quantitative estimate of drug-likeness (QED) is 0.827. The Morgan fingerprint density at radius 2 is 1.86 bits per heavy atom. The number of fused-ring (bicyclic) bond motifs is 1. The van der Waals surface area contributed by atoms with Crippen molar-refractivity contribution in [3.63, 3.8) is 0 Å². The molecule has 0 spiro atoms. The standard InChI is InChI=1S/C19H22ClNO/c1-12-6-5-7-13(2)18(12)17-10-15(20)8-14-9-16(11-21(3)4)22-19(14)17/h5-8,10,16H,9,11H2,1-4H3. The molecule has 0 N–H and O–H groups in total. The number of rotatable bonds is 3. The minimum Gasteiger partial charge on any atom is -0.488 e. The molecule has 0 aliphatic carbocycles. The van der Waals surface area contributed by atoms with E-state index in [4.69, 9.17) is 16.3 Å². The molecule has 22 heavy (non-hydrogen) atoms. The molecule has 1 aliphatic heterocycles. The van der Waals surface area contributed by atoms with Gasteiger partial charge >= 0.3 is 0 Å². The maximum Gasteiger partial charge on any atom is 0.131 e. The van der Waals surface area contributed by atoms with E-state index in [1.54, 1.807) is 0 Å². The van der Waals surface area contributed by atoms with Crippen molar-refractivity contribution in [1.29, 1.82) is 0 Å². The molecule has 2 aromatic carbocycles. The molecular formula is C19H22ClNO. The highest BCUT2D eigenvalue weighted by atomic mass is 35.5. The average Bonchev–Trinajstić information content (AvgIpc) is 2.79. The topological polar surface area (TPSA) is 12.5 Å². The van der Waals surface area contributed by atoms with Crippen molar-refractivity contribution >= 4 is 11.6 Å². The van der Waals surface area contributed by atoms with Gasteiger partial charge in [0.25, 0.3) is 0 Å². The summed E-state index contributed by atoms with van der Waals surface area (Å²) in [6, 6.07) is 10.5. The second-order valence-corrected chi connectivity index (χ2v) is 6.85. The maximum atomic E-state index is 6.37. The van der Waals surface area contributed by atoms with Gasteiger partial charge in [-0.25, -0.2) is 0 Å². The first kappa shape index (κ1) is 15.4. The molecule has 2 aromatic rings. The van der Waals surface area contributed by atoms with E-state index in [1.165, 1.54) is 22.3 Å². The summed E-state index contributed by atoms with van der Waals surface area (Å²) in [5, 5.41) is 0.783. The average molecular weight is 316 g/mol. The van der Waals surface area contributed by atoms with Crippen LogP contribution >= 0.6 is 11.6 Å². The predicted molar refractivity (Wildman–Crippen MR) is 93.0 cm³/mol. The SMILES string of the molecule is Cc1cccc(C)c1-c1cc(Cl)cc2c1OC(CN(C)C)C2. The molecule has 0 aromatic heterocycles. The van der Waals surface area contributed by atoms with Crippen LogP contribution in [-0.4, -0.2) is 31.6 Å². The van der Waals surface area contributed by atoms with Crippen LogP contribution in [0.15, 0.2) is 30.3 Å². The highest BCUT2D eigenvalue weighted by molar-refractivity contribution is 6.31. The number of hydrogen-bond acceptors (Lipinski definition) is 2. The Labute approximate surface area is 137 Å². The van der Waals surface area contributed by atoms with Crippen LogP contribution in [0, 0.1) is 13.8 Å².